The third-order valence-electron chi connectivity index (χ3n) is 12.2. The minimum Gasteiger partial charge on any atom is -0.507 e. The lowest BCUT2D eigenvalue weighted by atomic mass is 10.0. The molecular formula is C53H45N5O2Si2. The third-order valence-corrected chi connectivity index (χ3v) is 16.3. The maximum Gasteiger partial charge on any atom is 0.149 e. The second-order valence-electron chi connectivity index (χ2n) is 18.3. The molecule has 6 aromatic carbocycles. The highest BCUT2D eigenvalue weighted by molar-refractivity contribution is 6.89. The van der Waals surface area contributed by atoms with Crippen LogP contribution in [0, 0.1) is 0 Å². The van der Waals surface area contributed by atoms with Crippen LogP contribution in [0.4, 0.5) is 0 Å². The van der Waals surface area contributed by atoms with Crippen molar-refractivity contribution in [3.63, 3.8) is 0 Å². The first-order chi connectivity index (χ1) is 29.9. The van der Waals surface area contributed by atoms with E-state index in [-0.39, 0.29) is 5.75 Å². The molecule has 0 fully saturated rings. The van der Waals surface area contributed by atoms with Gasteiger partial charge >= 0.3 is 0 Å². The van der Waals surface area contributed by atoms with Gasteiger partial charge in [-0.25, -0.2) is 15.0 Å². The average Bonchev–Trinajstić information content (AvgIpc) is 3.97. The molecule has 0 aliphatic heterocycles. The van der Waals surface area contributed by atoms with E-state index in [1.165, 1.54) is 10.4 Å². The number of pyridine rings is 2. The van der Waals surface area contributed by atoms with E-state index in [9.17, 15) is 5.11 Å². The van der Waals surface area contributed by atoms with Crippen molar-refractivity contribution in [2.45, 2.75) is 39.3 Å². The number of phenols is 1. The number of hydrogen-bond acceptors (Lipinski definition) is 5. The Balaban J connectivity index is 1.16. The number of aromatic hydroxyl groups is 1. The molecule has 0 saturated heterocycles. The number of furan rings is 1. The molecule has 9 heteroatoms. The van der Waals surface area contributed by atoms with Crippen LogP contribution in [0.3, 0.4) is 0 Å². The summed E-state index contributed by atoms with van der Waals surface area (Å²) in [6.07, 6.45) is 2.04. The zero-order chi connectivity index (χ0) is 42.5. The molecule has 0 unspecified atom stereocenters. The Hall–Kier alpha value is -7.08. The third kappa shape index (κ3) is 6.02. The van der Waals surface area contributed by atoms with E-state index in [1.54, 1.807) is 0 Å². The van der Waals surface area contributed by atoms with Gasteiger partial charge in [0.25, 0.3) is 0 Å². The number of nitrogens with zero attached hydrogens (tertiary/aromatic N) is 5. The molecule has 0 amide bonds. The fourth-order valence-corrected chi connectivity index (χ4v) is 11.7. The molecule has 11 aromatic rings. The Kier molecular flexibility index (Phi) is 8.55. The number of aromatic nitrogens is 5. The van der Waals surface area contributed by atoms with Gasteiger partial charge in [0.15, 0.2) is 0 Å². The lowest BCUT2D eigenvalue weighted by Crippen LogP contribution is -2.39. The van der Waals surface area contributed by atoms with Crippen molar-refractivity contribution in [3.05, 3.63) is 158 Å². The van der Waals surface area contributed by atoms with Crippen molar-refractivity contribution in [3.8, 4) is 56.5 Å². The Morgan fingerprint density at radius 3 is 2.11 bits per heavy atom. The molecule has 0 atom stereocenters. The molecule has 0 aliphatic carbocycles. The molecule has 0 aliphatic rings. The van der Waals surface area contributed by atoms with Gasteiger partial charge in [-0.2, -0.15) is 0 Å². The number of benzene rings is 6. The summed E-state index contributed by atoms with van der Waals surface area (Å²) in [6.45, 7) is 14.0. The predicted molar refractivity (Wildman–Crippen MR) is 262 cm³/mol. The number of rotatable bonds is 7. The van der Waals surface area contributed by atoms with E-state index in [2.05, 4.69) is 164 Å². The molecule has 7 nitrogen and oxygen atoms in total. The number of para-hydroxylation sites is 5. The van der Waals surface area contributed by atoms with Crippen LogP contribution >= 0.6 is 0 Å². The smallest absolute Gasteiger partial charge is 0.149 e. The fraction of sp³-hybridized carbons (Fsp3) is 0.113. The van der Waals surface area contributed by atoms with Gasteiger partial charge in [0, 0.05) is 28.3 Å². The standard InChI is InChI=1S/C53H45N5O2Si2/c1-61(2,3)34-26-27-37(45(59)32-34)52-56-49-39(21-15-25-44(49)58(52)42-23-12-10-18-35(42)33-16-8-7-9-17-33)50-47(62(4,5)6)29-28-40(54-50)36-19-14-20-38-48-46(60-51(36)38)30-31-57-43-24-13-11-22-41(43)55-53(48)57/h7-32,59H,1-6H3. The maximum absolute atomic E-state index is 11.9. The van der Waals surface area contributed by atoms with E-state index in [1.807, 2.05) is 42.6 Å². The van der Waals surface area contributed by atoms with Gasteiger partial charge in [-0.3, -0.25) is 8.97 Å². The van der Waals surface area contributed by atoms with Crippen molar-refractivity contribution >= 4 is 76.2 Å². The average molecular weight is 840 g/mol. The molecule has 0 radical (unpaired) electrons. The quantitative estimate of drug-likeness (QED) is 0.162. The van der Waals surface area contributed by atoms with E-state index in [4.69, 9.17) is 19.4 Å². The van der Waals surface area contributed by atoms with E-state index >= 15 is 0 Å². The SMILES string of the molecule is C[Si](C)(C)c1ccc(-c2nc3c(-c4nc(-c5cccc6c5oc5ccn7c8ccccc8nc7c56)ccc4[Si](C)(C)C)cccc3n2-c2ccccc2-c2ccccc2)c(O)c1. The van der Waals surface area contributed by atoms with E-state index in [0.717, 1.165) is 89.0 Å². The summed E-state index contributed by atoms with van der Waals surface area (Å²) in [4.78, 5) is 16.2. The predicted octanol–water partition coefficient (Wildman–Crippen LogP) is 12.6. The van der Waals surface area contributed by atoms with Crippen molar-refractivity contribution in [2.75, 3.05) is 0 Å². The molecule has 0 saturated carbocycles. The van der Waals surface area contributed by atoms with Crippen LogP contribution < -0.4 is 10.4 Å². The van der Waals surface area contributed by atoms with Crippen LogP contribution in [-0.4, -0.2) is 45.2 Å². The number of fused-ring (bicyclic) bond motifs is 8. The van der Waals surface area contributed by atoms with Gasteiger partial charge in [0.1, 0.15) is 28.4 Å². The first-order valence-electron chi connectivity index (χ1n) is 21.2. The molecule has 0 spiro atoms. The first kappa shape index (κ1) is 37.9. The second kappa shape index (κ2) is 14.0. The van der Waals surface area contributed by atoms with Gasteiger partial charge in [-0.15, -0.1) is 0 Å². The van der Waals surface area contributed by atoms with Crippen LogP contribution in [0.2, 0.25) is 39.3 Å². The molecule has 1 N–H and O–H groups in total. The zero-order valence-corrected chi connectivity index (χ0v) is 37.6. The molecule has 0 bridgehead atoms. The molecule has 302 valence electrons. The van der Waals surface area contributed by atoms with Gasteiger partial charge in [-0.05, 0) is 65.3 Å². The minimum atomic E-state index is -1.99. The maximum atomic E-state index is 11.9. The second-order valence-corrected chi connectivity index (χ2v) is 28.4. The van der Waals surface area contributed by atoms with Gasteiger partial charge < -0.3 is 9.52 Å². The van der Waals surface area contributed by atoms with Crippen molar-refractivity contribution in [1.29, 1.82) is 0 Å². The van der Waals surface area contributed by atoms with E-state index in [0.29, 0.717) is 11.4 Å². The normalized spacial score (nSPS) is 12.4. The molecule has 5 aromatic heterocycles. The lowest BCUT2D eigenvalue weighted by molar-refractivity contribution is 0.477. The van der Waals surface area contributed by atoms with Crippen LogP contribution in [0.1, 0.15) is 0 Å². The largest absolute Gasteiger partial charge is 0.507 e. The number of phenolic OH excluding ortho intramolecular Hbond substituents is 1. The summed E-state index contributed by atoms with van der Waals surface area (Å²) in [5.41, 5.74) is 13.6. The highest BCUT2D eigenvalue weighted by Gasteiger charge is 2.28. The monoisotopic (exact) mass is 839 g/mol. The summed E-state index contributed by atoms with van der Waals surface area (Å²) in [5.74, 6) is 0.897. The van der Waals surface area contributed by atoms with Gasteiger partial charge in [0.2, 0.25) is 0 Å². The summed E-state index contributed by atoms with van der Waals surface area (Å²) < 4.78 is 11.1. The van der Waals surface area contributed by atoms with Crippen LogP contribution in [0.15, 0.2) is 162 Å². The Morgan fingerprint density at radius 2 is 1.31 bits per heavy atom. The van der Waals surface area contributed by atoms with Crippen LogP contribution in [-0.2, 0) is 0 Å². The van der Waals surface area contributed by atoms with Crippen molar-refractivity contribution in [1.82, 2.24) is 23.9 Å². The fourth-order valence-electron chi connectivity index (χ4n) is 9.05. The highest BCUT2D eigenvalue weighted by Crippen LogP contribution is 2.41. The van der Waals surface area contributed by atoms with E-state index < -0.39 is 16.1 Å². The first-order valence-corrected chi connectivity index (χ1v) is 28.2. The molecule has 62 heavy (non-hydrogen) atoms. The molecular weight excluding hydrogens is 795 g/mol. The topological polar surface area (TPSA) is 81.4 Å². The summed E-state index contributed by atoms with van der Waals surface area (Å²) in [5, 5.41) is 16.3. The van der Waals surface area contributed by atoms with Crippen LogP contribution in [0.25, 0.3) is 100 Å². The number of hydrogen-bond donors (Lipinski definition) is 1. The summed E-state index contributed by atoms with van der Waals surface area (Å²) in [7, 11) is -3.70. The van der Waals surface area contributed by atoms with Crippen molar-refractivity contribution < 1.29 is 9.52 Å². The van der Waals surface area contributed by atoms with Gasteiger partial charge in [-0.1, -0.05) is 142 Å². The molecule has 11 rings (SSSR count). The zero-order valence-electron chi connectivity index (χ0n) is 35.6. The highest BCUT2D eigenvalue weighted by atomic mass is 28.3. The molecule has 5 heterocycles. The lowest BCUT2D eigenvalue weighted by Gasteiger charge is -2.21. The summed E-state index contributed by atoms with van der Waals surface area (Å²) in [6, 6.07) is 52.5. The van der Waals surface area contributed by atoms with Crippen LogP contribution in [0.5, 0.6) is 5.75 Å². The Morgan fingerprint density at radius 1 is 0.581 bits per heavy atom. The Labute approximate surface area is 361 Å². The van der Waals surface area contributed by atoms with Crippen molar-refractivity contribution in [2.24, 2.45) is 0 Å². The Bertz CT molecular complexity index is 3570. The minimum absolute atomic E-state index is 0.225. The number of imidazole rings is 2. The summed E-state index contributed by atoms with van der Waals surface area (Å²) >= 11 is 0. The van der Waals surface area contributed by atoms with Gasteiger partial charge in [0.05, 0.1) is 66.2 Å².